The number of para-hydroxylation sites is 1. The first-order chi connectivity index (χ1) is 11.7. The fraction of sp³-hybridized carbons (Fsp3) is 0.438. The van der Waals surface area contributed by atoms with E-state index in [2.05, 4.69) is 4.98 Å². The summed E-state index contributed by atoms with van der Waals surface area (Å²) < 4.78 is 67.5. The number of nitrogens with zero attached hydrogens (tertiary/aromatic N) is 2. The van der Waals surface area contributed by atoms with Crippen LogP contribution in [0, 0.1) is 0 Å². The zero-order valence-electron chi connectivity index (χ0n) is 13.2. The molecule has 1 atom stereocenters. The molecule has 0 saturated carbocycles. The highest BCUT2D eigenvalue weighted by atomic mass is 32.2. The summed E-state index contributed by atoms with van der Waals surface area (Å²) in [5.41, 5.74) is 0.757. The second kappa shape index (κ2) is 6.80. The average molecular weight is 374 g/mol. The zero-order chi connectivity index (χ0) is 18.1. The van der Waals surface area contributed by atoms with E-state index in [1.807, 2.05) is 30.3 Å². The van der Waals surface area contributed by atoms with E-state index in [4.69, 9.17) is 4.74 Å². The standard InChI is InChI=1S/C16H17F3N2O3S/c17-16(18,19)8-10-25(22,23)21-9-7-13(11-21)24-15-6-5-12-3-1-2-4-14(12)20-15/h1-6,13H,7-11H2. The Hall–Kier alpha value is -1.87. The third-order valence-electron chi connectivity index (χ3n) is 4.00. The molecule has 3 rings (SSSR count). The van der Waals surface area contributed by atoms with E-state index >= 15 is 0 Å². The number of ether oxygens (including phenoxy) is 1. The van der Waals surface area contributed by atoms with E-state index in [0.29, 0.717) is 12.3 Å². The minimum atomic E-state index is -4.49. The van der Waals surface area contributed by atoms with Gasteiger partial charge in [-0.2, -0.15) is 17.5 Å². The lowest BCUT2D eigenvalue weighted by Crippen LogP contribution is -2.34. The summed E-state index contributed by atoms with van der Waals surface area (Å²) in [7, 11) is -3.94. The third-order valence-corrected chi connectivity index (χ3v) is 5.84. The van der Waals surface area contributed by atoms with Crippen LogP contribution in [0.3, 0.4) is 0 Å². The molecule has 1 unspecified atom stereocenters. The molecule has 2 aromatic rings. The van der Waals surface area contributed by atoms with Crippen LogP contribution in [0.2, 0.25) is 0 Å². The first-order valence-corrected chi connectivity index (χ1v) is 9.41. The summed E-state index contributed by atoms with van der Waals surface area (Å²) in [6, 6.07) is 11.0. The van der Waals surface area contributed by atoms with Gasteiger partial charge in [-0.3, -0.25) is 0 Å². The molecule has 2 heterocycles. The van der Waals surface area contributed by atoms with Crippen molar-refractivity contribution in [1.29, 1.82) is 0 Å². The van der Waals surface area contributed by atoms with E-state index < -0.39 is 34.5 Å². The van der Waals surface area contributed by atoms with Gasteiger partial charge in [-0.1, -0.05) is 18.2 Å². The highest BCUT2D eigenvalue weighted by Crippen LogP contribution is 2.25. The molecular formula is C16H17F3N2O3S. The molecule has 25 heavy (non-hydrogen) atoms. The van der Waals surface area contributed by atoms with Crippen molar-refractivity contribution in [3.8, 4) is 5.88 Å². The lowest BCUT2D eigenvalue weighted by atomic mass is 10.2. The Morgan fingerprint density at radius 2 is 1.96 bits per heavy atom. The van der Waals surface area contributed by atoms with E-state index in [0.717, 1.165) is 15.2 Å². The van der Waals surface area contributed by atoms with Crippen LogP contribution in [-0.2, 0) is 10.0 Å². The van der Waals surface area contributed by atoms with Crippen molar-refractivity contribution in [3.63, 3.8) is 0 Å². The Morgan fingerprint density at radius 3 is 2.72 bits per heavy atom. The Labute approximate surface area is 143 Å². The lowest BCUT2D eigenvalue weighted by molar-refractivity contribution is -0.130. The van der Waals surface area contributed by atoms with Gasteiger partial charge in [-0.25, -0.2) is 13.4 Å². The maximum atomic E-state index is 12.2. The van der Waals surface area contributed by atoms with Crippen molar-refractivity contribution in [2.75, 3.05) is 18.8 Å². The van der Waals surface area contributed by atoms with Crippen molar-refractivity contribution in [2.24, 2.45) is 0 Å². The van der Waals surface area contributed by atoms with Crippen LogP contribution < -0.4 is 4.74 Å². The topological polar surface area (TPSA) is 59.5 Å². The summed E-state index contributed by atoms with van der Waals surface area (Å²) in [4.78, 5) is 4.36. The molecule has 1 aliphatic heterocycles. The van der Waals surface area contributed by atoms with Crippen LogP contribution in [0.4, 0.5) is 13.2 Å². The van der Waals surface area contributed by atoms with Gasteiger partial charge < -0.3 is 4.74 Å². The number of hydrogen-bond donors (Lipinski definition) is 0. The van der Waals surface area contributed by atoms with Crippen LogP contribution in [0.25, 0.3) is 10.9 Å². The smallest absolute Gasteiger partial charge is 0.390 e. The summed E-state index contributed by atoms with van der Waals surface area (Å²) in [6.07, 6.45) is -5.84. The van der Waals surface area contributed by atoms with E-state index in [-0.39, 0.29) is 13.1 Å². The minimum Gasteiger partial charge on any atom is -0.473 e. The van der Waals surface area contributed by atoms with Gasteiger partial charge in [0.05, 0.1) is 24.2 Å². The molecule has 1 aliphatic rings. The van der Waals surface area contributed by atoms with Gasteiger partial charge >= 0.3 is 6.18 Å². The molecule has 0 radical (unpaired) electrons. The number of alkyl halides is 3. The van der Waals surface area contributed by atoms with Crippen LogP contribution in [0.1, 0.15) is 12.8 Å². The van der Waals surface area contributed by atoms with Crippen molar-refractivity contribution < 1.29 is 26.3 Å². The quantitative estimate of drug-likeness (QED) is 0.807. The van der Waals surface area contributed by atoms with Crippen LogP contribution >= 0.6 is 0 Å². The molecule has 0 N–H and O–H groups in total. The van der Waals surface area contributed by atoms with E-state index in [1.165, 1.54) is 0 Å². The molecule has 0 amide bonds. The highest BCUT2D eigenvalue weighted by molar-refractivity contribution is 7.89. The van der Waals surface area contributed by atoms with Crippen molar-refractivity contribution >= 4 is 20.9 Å². The molecule has 1 saturated heterocycles. The van der Waals surface area contributed by atoms with Gasteiger partial charge in [-0.15, -0.1) is 0 Å². The minimum absolute atomic E-state index is 0.0364. The predicted molar refractivity (Wildman–Crippen MR) is 86.8 cm³/mol. The number of hydrogen-bond acceptors (Lipinski definition) is 4. The van der Waals surface area contributed by atoms with Crippen LogP contribution in [0.15, 0.2) is 36.4 Å². The average Bonchev–Trinajstić information content (AvgIpc) is 3.02. The summed E-state index contributed by atoms with van der Waals surface area (Å²) in [5.74, 6) is -0.560. The Bertz CT molecular complexity index is 855. The van der Waals surface area contributed by atoms with Gasteiger partial charge in [0.1, 0.15) is 6.10 Å². The molecule has 5 nitrogen and oxygen atoms in total. The number of pyridine rings is 1. The summed E-state index contributed by atoms with van der Waals surface area (Å²) in [6.45, 7) is 0.188. The van der Waals surface area contributed by atoms with Gasteiger partial charge in [-0.05, 0) is 18.6 Å². The Kier molecular flexibility index (Phi) is 4.88. The van der Waals surface area contributed by atoms with Gasteiger partial charge in [0.15, 0.2) is 0 Å². The first-order valence-electron chi connectivity index (χ1n) is 7.80. The van der Waals surface area contributed by atoms with Crippen molar-refractivity contribution in [1.82, 2.24) is 9.29 Å². The molecule has 1 aromatic carbocycles. The molecule has 9 heteroatoms. The highest BCUT2D eigenvalue weighted by Gasteiger charge is 2.36. The Morgan fingerprint density at radius 1 is 1.20 bits per heavy atom. The maximum Gasteiger partial charge on any atom is 0.390 e. The van der Waals surface area contributed by atoms with Crippen molar-refractivity contribution in [2.45, 2.75) is 25.1 Å². The lowest BCUT2D eigenvalue weighted by Gasteiger charge is -2.17. The SMILES string of the molecule is O=S(=O)(CCC(F)(F)F)N1CCC(Oc2ccc3ccccc3n2)C1. The number of fused-ring (bicyclic) bond motifs is 1. The Balaban J connectivity index is 1.62. The fourth-order valence-electron chi connectivity index (χ4n) is 2.70. The van der Waals surface area contributed by atoms with Crippen LogP contribution in [-0.4, -0.2) is 48.8 Å². The number of benzene rings is 1. The molecule has 1 aromatic heterocycles. The maximum absolute atomic E-state index is 12.2. The molecular weight excluding hydrogens is 357 g/mol. The molecule has 136 valence electrons. The molecule has 0 aliphatic carbocycles. The number of aromatic nitrogens is 1. The second-order valence-electron chi connectivity index (χ2n) is 5.91. The largest absolute Gasteiger partial charge is 0.473 e. The molecule has 0 bridgehead atoms. The normalized spacial score (nSPS) is 19.4. The van der Waals surface area contributed by atoms with Gasteiger partial charge in [0.2, 0.25) is 15.9 Å². The van der Waals surface area contributed by atoms with Crippen LogP contribution in [0.5, 0.6) is 5.88 Å². The molecule has 0 spiro atoms. The van der Waals surface area contributed by atoms with Gasteiger partial charge in [0, 0.05) is 18.0 Å². The second-order valence-corrected chi connectivity index (χ2v) is 8.00. The number of sulfonamides is 1. The fourth-order valence-corrected chi connectivity index (χ4v) is 4.23. The summed E-state index contributed by atoms with van der Waals surface area (Å²) in [5, 5.41) is 0.956. The van der Waals surface area contributed by atoms with E-state index in [9.17, 15) is 21.6 Å². The number of halogens is 3. The van der Waals surface area contributed by atoms with Gasteiger partial charge in [0.25, 0.3) is 0 Å². The van der Waals surface area contributed by atoms with Crippen molar-refractivity contribution in [3.05, 3.63) is 36.4 Å². The number of rotatable bonds is 5. The van der Waals surface area contributed by atoms with E-state index in [1.54, 1.807) is 6.07 Å². The third kappa shape index (κ3) is 4.60. The monoisotopic (exact) mass is 374 g/mol. The summed E-state index contributed by atoms with van der Waals surface area (Å²) >= 11 is 0. The zero-order valence-corrected chi connectivity index (χ0v) is 14.1. The molecule has 1 fully saturated rings. The first kappa shape index (κ1) is 17.9. The predicted octanol–water partition coefficient (Wildman–Crippen LogP) is 2.97.